The van der Waals surface area contributed by atoms with Crippen LogP contribution in [0.2, 0.25) is 0 Å². The minimum absolute atomic E-state index is 0.294. The lowest BCUT2D eigenvalue weighted by Gasteiger charge is -2.28. The van der Waals surface area contributed by atoms with Crippen molar-refractivity contribution in [1.29, 1.82) is 0 Å². The minimum Gasteiger partial charge on any atom is -0.481 e. The summed E-state index contributed by atoms with van der Waals surface area (Å²) in [4.78, 5) is 50.6. The molecule has 2 atom stereocenters. The standard InChI is InChI=1S/C22H22N2O5/c1-12(2)18(24-20(26)16-6-4-5-7-17(16)21(24)27)19(25)23-15-10-8-14(9-11-15)13(3)22(28)29/h4-13,18H,1-3H3,(H,23,25)(H,28,29). The monoisotopic (exact) mass is 394 g/mol. The second kappa shape index (κ2) is 7.87. The van der Waals surface area contributed by atoms with Gasteiger partial charge in [0.05, 0.1) is 17.0 Å². The number of carboxylic acid groups (broad SMARTS) is 1. The van der Waals surface area contributed by atoms with Crippen LogP contribution in [-0.2, 0) is 9.59 Å². The first-order chi connectivity index (χ1) is 13.7. The molecule has 0 bridgehead atoms. The van der Waals surface area contributed by atoms with Crippen molar-refractivity contribution in [3.63, 3.8) is 0 Å². The van der Waals surface area contributed by atoms with Crippen molar-refractivity contribution in [2.75, 3.05) is 5.32 Å². The first-order valence-electron chi connectivity index (χ1n) is 9.33. The van der Waals surface area contributed by atoms with Crippen LogP contribution in [0.25, 0.3) is 0 Å². The Morgan fingerprint density at radius 3 is 1.86 bits per heavy atom. The average molecular weight is 394 g/mol. The summed E-state index contributed by atoms with van der Waals surface area (Å²) >= 11 is 0. The third-order valence-corrected chi connectivity index (χ3v) is 5.05. The van der Waals surface area contributed by atoms with E-state index >= 15 is 0 Å². The van der Waals surface area contributed by atoms with Gasteiger partial charge in [-0.05, 0) is 42.7 Å². The van der Waals surface area contributed by atoms with E-state index in [0.717, 1.165) is 4.90 Å². The van der Waals surface area contributed by atoms with Gasteiger partial charge >= 0.3 is 5.97 Å². The van der Waals surface area contributed by atoms with E-state index in [1.165, 1.54) is 0 Å². The Morgan fingerprint density at radius 2 is 1.41 bits per heavy atom. The van der Waals surface area contributed by atoms with Gasteiger partial charge in [0.15, 0.2) is 0 Å². The number of rotatable bonds is 6. The van der Waals surface area contributed by atoms with Crippen LogP contribution in [0.4, 0.5) is 5.69 Å². The van der Waals surface area contributed by atoms with Crippen LogP contribution in [-0.4, -0.2) is 39.7 Å². The highest BCUT2D eigenvalue weighted by molar-refractivity contribution is 6.23. The van der Waals surface area contributed by atoms with Crippen molar-refractivity contribution in [3.05, 3.63) is 65.2 Å². The van der Waals surface area contributed by atoms with Crippen molar-refractivity contribution < 1.29 is 24.3 Å². The Kier molecular flexibility index (Phi) is 5.50. The van der Waals surface area contributed by atoms with E-state index in [2.05, 4.69) is 5.32 Å². The minimum atomic E-state index is -0.972. The second-order valence-corrected chi connectivity index (χ2v) is 7.39. The molecule has 0 fully saturated rings. The Bertz CT molecular complexity index is 946. The van der Waals surface area contributed by atoms with Gasteiger partial charge < -0.3 is 10.4 Å². The molecule has 0 aromatic heterocycles. The molecule has 7 heteroatoms. The van der Waals surface area contributed by atoms with Crippen LogP contribution < -0.4 is 5.32 Å². The molecular formula is C22H22N2O5. The van der Waals surface area contributed by atoms with Gasteiger partial charge in [-0.1, -0.05) is 38.1 Å². The number of nitrogens with one attached hydrogen (secondary N) is 1. The average Bonchev–Trinajstić information content (AvgIpc) is 2.93. The van der Waals surface area contributed by atoms with Crippen molar-refractivity contribution in [2.24, 2.45) is 5.92 Å². The molecule has 29 heavy (non-hydrogen) atoms. The van der Waals surface area contributed by atoms with E-state index in [0.29, 0.717) is 22.4 Å². The number of anilines is 1. The van der Waals surface area contributed by atoms with Gasteiger partial charge in [-0.3, -0.25) is 24.1 Å². The Balaban J connectivity index is 1.82. The summed E-state index contributed by atoms with van der Waals surface area (Å²) in [7, 11) is 0. The van der Waals surface area contributed by atoms with Crippen LogP contribution in [0, 0.1) is 5.92 Å². The molecule has 2 unspecified atom stereocenters. The Morgan fingerprint density at radius 1 is 0.897 bits per heavy atom. The number of hydrogen-bond acceptors (Lipinski definition) is 4. The zero-order chi connectivity index (χ0) is 21.3. The molecule has 0 aliphatic carbocycles. The van der Waals surface area contributed by atoms with Crippen molar-refractivity contribution >= 4 is 29.4 Å². The fourth-order valence-electron chi connectivity index (χ4n) is 3.39. The zero-order valence-corrected chi connectivity index (χ0v) is 16.4. The van der Waals surface area contributed by atoms with Crippen LogP contribution >= 0.6 is 0 Å². The van der Waals surface area contributed by atoms with E-state index in [1.54, 1.807) is 69.3 Å². The topological polar surface area (TPSA) is 104 Å². The third kappa shape index (κ3) is 3.76. The van der Waals surface area contributed by atoms with Crippen LogP contribution in [0.15, 0.2) is 48.5 Å². The van der Waals surface area contributed by atoms with E-state index in [-0.39, 0.29) is 5.92 Å². The van der Waals surface area contributed by atoms with Crippen LogP contribution in [0.5, 0.6) is 0 Å². The van der Waals surface area contributed by atoms with Crippen LogP contribution in [0.1, 0.15) is 53.0 Å². The number of aliphatic carboxylic acids is 1. The molecule has 3 amide bonds. The van der Waals surface area contributed by atoms with Gasteiger partial charge in [0.1, 0.15) is 6.04 Å². The SMILES string of the molecule is CC(C(=O)O)c1ccc(NC(=O)C(C(C)C)N2C(=O)c3ccccc3C2=O)cc1. The maximum absolute atomic E-state index is 13.0. The van der Waals surface area contributed by atoms with E-state index in [1.807, 2.05) is 0 Å². The molecule has 2 aromatic carbocycles. The fraction of sp³-hybridized carbons (Fsp3) is 0.273. The van der Waals surface area contributed by atoms with Gasteiger partial charge in [-0.2, -0.15) is 0 Å². The predicted molar refractivity (Wildman–Crippen MR) is 107 cm³/mol. The predicted octanol–water partition coefficient (Wildman–Crippen LogP) is 3.13. The summed E-state index contributed by atoms with van der Waals surface area (Å²) in [5.41, 5.74) is 1.65. The number of carboxylic acids is 1. The van der Waals surface area contributed by atoms with Crippen molar-refractivity contribution in [2.45, 2.75) is 32.7 Å². The number of carbonyl (C=O) groups is 4. The van der Waals surface area contributed by atoms with Crippen LogP contribution in [0.3, 0.4) is 0 Å². The molecular weight excluding hydrogens is 372 g/mol. The molecule has 1 aliphatic rings. The molecule has 3 rings (SSSR count). The molecule has 0 saturated carbocycles. The van der Waals surface area contributed by atoms with Crippen molar-refractivity contribution in [1.82, 2.24) is 4.90 Å². The fourth-order valence-corrected chi connectivity index (χ4v) is 3.39. The van der Waals surface area contributed by atoms with E-state index in [4.69, 9.17) is 5.11 Å². The summed E-state index contributed by atoms with van der Waals surface area (Å²) in [5.74, 6) is -3.35. The summed E-state index contributed by atoms with van der Waals surface area (Å²) in [5, 5.41) is 11.8. The molecule has 7 nitrogen and oxygen atoms in total. The quantitative estimate of drug-likeness (QED) is 0.733. The van der Waals surface area contributed by atoms with E-state index < -0.39 is 35.7 Å². The highest BCUT2D eigenvalue weighted by Crippen LogP contribution is 2.28. The van der Waals surface area contributed by atoms with E-state index in [9.17, 15) is 19.2 Å². The smallest absolute Gasteiger partial charge is 0.310 e. The largest absolute Gasteiger partial charge is 0.481 e. The molecule has 0 saturated heterocycles. The zero-order valence-electron chi connectivity index (χ0n) is 16.4. The lowest BCUT2D eigenvalue weighted by atomic mass is 10.00. The Labute approximate surface area is 168 Å². The molecule has 1 heterocycles. The molecule has 150 valence electrons. The highest BCUT2D eigenvalue weighted by atomic mass is 16.4. The second-order valence-electron chi connectivity index (χ2n) is 7.39. The van der Waals surface area contributed by atoms with Gasteiger partial charge in [-0.15, -0.1) is 0 Å². The lowest BCUT2D eigenvalue weighted by Crippen LogP contribution is -2.50. The van der Waals surface area contributed by atoms with Gasteiger partial charge in [-0.25, -0.2) is 0 Å². The number of fused-ring (bicyclic) bond motifs is 1. The normalized spacial score (nSPS) is 15.2. The maximum Gasteiger partial charge on any atom is 0.310 e. The molecule has 2 aromatic rings. The third-order valence-electron chi connectivity index (χ3n) is 5.05. The molecule has 1 aliphatic heterocycles. The Hall–Kier alpha value is -3.48. The summed E-state index contributed by atoms with van der Waals surface area (Å²) < 4.78 is 0. The molecule has 2 N–H and O–H groups in total. The number of amides is 3. The van der Waals surface area contributed by atoms with Gasteiger partial charge in [0.2, 0.25) is 5.91 Å². The summed E-state index contributed by atoms with van der Waals surface area (Å²) in [6, 6.07) is 12.0. The molecule has 0 radical (unpaired) electrons. The highest BCUT2D eigenvalue weighted by Gasteiger charge is 2.43. The number of carbonyl (C=O) groups excluding carboxylic acids is 3. The first-order valence-corrected chi connectivity index (χ1v) is 9.33. The lowest BCUT2D eigenvalue weighted by molar-refractivity contribution is -0.138. The number of imide groups is 1. The van der Waals surface area contributed by atoms with Gasteiger partial charge in [0, 0.05) is 5.69 Å². The molecule has 0 spiro atoms. The summed E-state index contributed by atoms with van der Waals surface area (Å²) in [6.07, 6.45) is 0. The van der Waals surface area contributed by atoms with Crippen molar-refractivity contribution in [3.8, 4) is 0 Å². The maximum atomic E-state index is 13.0. The van der Waals surface area contributed by atoms with Gasteiger partial charge in [0.25, 0.3) is 11.8 Å². The number of nitrogens with zero attached hydrogens (tertiary/aromatic N) is 1. The number of benzene rings is 2. The number of hydrogen-bond donors (Lipinski definition) is 2. The first kappa shape index (κ1) is 20.3. The summed E-state index contributed by atoms with van der Waals surface area (Å²) in [6.45, 7) is 5.11.